The first-order valence-electron chi connectivity index (χ1n) is 10.7. The molecule has 0 aliphatic carbocycles. The van der Waals surface area contributed by atoms with Crippen molar-refractivity contribution in [3.8, 4) is 0 Å². The van der Waals surface area contributed by atoms with E-state index in [0.717, 1.165) is 30.3 Å². The zero-order valence-corrected chi connectivity index (χ0v) is 18.9. The number of carbonyl (C=O) groups is 1. The average molecular weight is 441 g/mol. The van der Waals surface area contributed by atoms with Gasteiger partial charge in [-0.25, -0.2) is 13.4 Å². The number of rotatable bonds is 5. The molecule has 1 N–H and O–H groups in total. The summed E-state index contributed by atoms with van der Waals surface area (Å²) in [6.07, 6.45) is 2.74. The number of nitrogens with zero attached hydrogens (tertiary/aromatic N) is 3. The van der Waals surface area contributed by atoms with E-state index < -0.39 is 10.0 Å². The summed E-state index contributed by atoms with van der Waals surface area (Å²) in [5.74, 6) is 0.0808. The lowest BCUT2D eigenvalue weighted by atomic mass is 10.1. The van der Waals surface area contributed by atoms with Crippen LogP contribution in [-0.4, -0.2) is 40.8 Å². The zero-order chi connectivity index (χ0) is 22.2. The van der Waals surface area contributed by atoms with Crippen molar-refractivity contribution in [2.75, 3.05) is 11.9 Å². The number of para-hydroxylation sites is 2. The number of fused-ring (bicyclic) bond motifs is 1. The summed E-state index contributed by atoms with van der Waals surface area (Å²) in [4.78, 5) is 17.8. The second-order valence-electron chi connectivity index (χ2n) is 8.06. The van der Waals surface area contributed by atoms with Crippen LogP contribution in [0.5, 0.6) is 0 Å². The number of benzene rings is 2. The van der Waals surface area contributed by atoms with E-state index >= 15 is 0 Å². The van der Waals surface area contributed by atoms with Crippen LogP contribution >= 0.6 is 0 Å². The van der Waals surface area contributed by atoms with Crippen LogP contribution in [0.2, 0.25) is 0 Å². The third-order valence-corrected chi connectivity index (χ3v) is 8.01. The number of hydrogen-bond acceptors (Lipinski definition) is 4. The van der Waals surface area contributed by atoms with Gasteiger partial charge in [0, 0.05) is 24.7 Å². The summed E-state index contributed by atoms with van der Waals surface area (Å²) in [5.41, 5.74) is 2.78. The molecule has 0 spiro atoms. The van der Waals surface area contributed by atoms with Gasteiger partial charge in [0.15, 0.2) is 0 Å². The van der Waals surface area contributed by atoms with Crippen molar-refractivity contribution in [1.29, 1.82) is 0 Å². The van der Waals surface area contributed by atoms with E-state index in [-0.39, 0.29) is 16.8 Å². The first kappa shape index (κ1) is 21.5. The van der Waals surface area contributed by atoms with Crippen LogP contribution in [0, 0.1) is 6.92 Å². The van der Waals surface area contributed by atoms with Crippen molar-refractivity contribution < 1.29 is 13.2 Å². The summed E-state index contributed by atoms with van der Waals surface area (Å²) in [7, 11) is -3.66. The van der Waals surface area contributed by atoms with Crippen LogP contribution in [0.25, 0.3) is 11.0 Å². The molecule has 2 aromatic carbocycles. The first-order chi connectivity index (χ1) is 14.8. The van der Waals surface area contributed by atoms with Crippen molar-refractivity contribution in [1.82, 2.24) is 13.9 Å². The number of sulfonamides is 1. The lowest BCUT2D eigenvalue weighted by Gasteiger charge is -2.32. The molecule has 1 atom stereocenters. The Labute approximate surface area is 183 Å². The molecule has 1 amide bonds. The van der Waals surface area contributed by atoms with E-state index in [1.54, 1.807) is 23.4 Å². The highest BCUT2D eigenvalue weighted by molar-refractivity contribution is 7.89. The van der Waals surface area contributed by atoms with E-state index in [0.29, 0.717) is 30.2 Å². The fourth-order valence-electron chi connectivity index (χ4n) is 4.23. The predicted molar refractivity (Wildman–Crippen MR) is 122 cm³/mol. The Balaban J connectivity index is 1.67. The first-order valence-corrected chi connectivity index (χ1v) is 12.2. The van der Waals surface area contributed by atoms with Crippen molar-refractivity contribution in [3.63, 3.8) is 0 Å². The number of aryl methyl sites for hydroxylation is 2. The van der Waals surface area contributed by atoms with Gasteiger partial charge < -0.3 is 4.57 Å². The highest BCUT2D eigenvalue weighted by Gasteiger charge is 2.31. The van der Waals surface area contributed by atoms with Crippen LogP contribution in [0.3, 0.4) is 0 Å². The fourth-order valence-corrected chi connectivity index (χ4v) is 5.96. The van der Waals surface area contributed by atoms with Crippen LogP contribution in [0.4, 0.5) is 5.95 Å². The molecule has 1 aliphatic rings. The quantitative estimate of drug-likeness (QED) is 0.645. The zero-order valence-electron chi connectivity index (χ0n) is 18.1. The number of amides is 1. The summed E-state index contributed by atoms with van der Waals surface area (Å²) < 4.78 is 30.0. The highest BCUT2D eigenvalue weighted by atomic mass is 32.2. The van der Waals surface area contributed by atoms with Crippen LogP contribution < -0.4 is 5.32 Å². The minimum absolute atomic E-state index is 0.0400. The topological polar surface area (TPSA) is 84.3 Å². The lowest BCUT2D eigenvalue weighted by molar-refractivity contribution is 0.102. The number of piperidine rings is 1. The minimum atomic E-state index is -3.66. The molecule has 1 fully saturated rings. The standard InChI is InChI=1S/C23H28N4O3S/c1-4-26-21-11-6-5-10-20(21)24-23(26)25-22(28)19-15-18(13-12-16(19)2)31(29,30)27-14-8-7-9-17(27)3/h5-6,10-13,15,17H,4,7-9,14H2,1-3H3,(H,24,25,28). The van der Waals surface area contributed by atoms with Gasteiger partial charge in [-0.2, -0.15) is 4.31 Å². The minimum Gasteiger partial charge on any atom is -0.310 e. The Bertz CT molecular complexity index is 1230. The van der Waals surface area contributed by atoms with Gasteiger partial charge in [-0.1, -0.05) is 24.6 Å². The van der Waals surface area contributed by atoms with Gasteiger partial charge in [0.2, 0.25) is 16.0 Å². The van der Waals surface area contributed by atoms with Gasteiger partial charge in [0.25, 0.3) is 5.91 Å². The van der Waals surface area contributed by atoms with Crippen molar-refractivity contribution in [3.05, 3.63) is 53.6 Å². The van der Waals surface area contributed by atoms with Crippen LogP contribution in [0.15, 0.2) is 47.4 Å². The van der Waals surface area contributed by atoms with Gasteiger partial charge in [0.05, 0.1) is 15.9 Å². The van der Waals surface area contributed by atoms with Gasteiger partial charge >= 0.3 is 0 Å². The number of aromatic nitrogens is 2. The maximum Gasteiger partial charge on any atom is 0.258 e. The van der Waals surface area contributed by atoms with Crippen molar-refractivity contribution in [2.45, 2.75) is 57.5 Å². The number of carbonyl (C=O) groups excluding carboxylic acids is 1. The molecule has 8 heteroatoms. The molecule has 0 radical (unpaired) electrons. The Hall–Kier alpha value is -2.71. The summed E-state index contributed by atoms with van der Waals surface area (Å²) in [6, 6.07) is 12.4. The predicted octanol–water partition coefficient (Wildman–Crippen LogP) is 4.18. The molecule has 31 heavy (non-hydrogen) atoms. The number of hydrogen-bond donors (Lipinski definition) is 1. The van der Waals surface area contributed by atoms with E-state index in [2.05, 4.69) is 10.3 Å². The van der Waals surface area contributed by atoms with Crippen molar-refractivity contribution >= 4 is 32.9 Å². The molecule has 1 saturated heterocycles. The van der Waals surface area contributed by atoms with Gasteiger partial charge in [0.1, 0.15) is 0 Å². The third-order valence-electron chi connectivity index (χ3n) is 6.00. The summed E-state index contributed by atoms with van der Waals surface area (Å²) in [5, 5.41) is 2.88. The normalized spacial score (nSPS) is 17.7. The molecule has 1 unspecified atom stereocenters. The molecule has 0 saturated carbocycles. The largest absolute Gasteiger partial charge is 0.310 e. The summed E-state index contributed by atoms with van der Waals surface area (Å²) >= 11 is 0. The SMILES string of the molecule is CCn1c(NC(=O)c2cc(S(=O)(=O)N3CCCCC3C)ccc2C)nc2ccccc21. The summed E-state index contributed by atoms with van der Waals surface area (Å²) in [6.45, 7) is 6.89. The monoisotopic (exact) mass is 440 g/mol. The number of imidazole rings is 1. The molecule has 164 valence electrons. The van der Waals surface area contributed by atoms with E-state index in [9.17, 15) is 13.2 Å². The third kappa shape index (κ3) is 3.97. The van der Waals surface area contributed by atoms with Crippen LogP contribution in [-0.2, 0) is 16.6 Å². The van der Waals surface area contributed by atoms with E-state index in [1.165, 1.54) is 6.07 Å². The molecular formula is C23H28N4O3S. The highest BCUT2D eigenvalue weighted by Crippen LogP contribution is 2.27. The Morgan fingerprint density at radius 3 is 2.71 bits per heavy atom. The van der Waals surface area contributed by atoms with E-state index in [1.807, 2.05) is 42.7 Å². The Morgan fingerprint density at radius 2 is 1.97 bits per heavy atom. The van der Waals surface area contributed by atoms with Crippen LogP contribution in [0.1, 0.15) is 49.0 Å². The fraction of sp³-hybridized carbons (Fsp3) is 0.391. The molecule has 4 rings (SSSR count). The Morgan fingerprint density at radius 1 is 1.19 bits per heavy atom. The smallest absolute Gasteiger partial charge is 0.258 e. The molecule has 3 aromatic rings. The van der Waals surface area contributed by atoms with Gasteiger partial charge in [-0.15, -0.1) is 0 Å². The molecule has 2 heterocycles. The van der Waals surface area contributed by atoms with E-state index in [4.69, 9.17) is 0 Å². The number of nitrogens with one attached hydrogen (secondary N) is 1. The lowest BCUT2D eigenvalue weighted by Crippen LogP contribution is -2.42. The molecule has 1 aliphatic heterocycles. The molecule has 7 nitrogen and oxygen atoms in total. The average Bonchev–Trinajstić information content (AvgIpc) is 3.10. The molecular weight excluding hydrogens is 412 g/mol. The maximum atomic E-state index is 13.2. The maximum absolute atomic E-state index is 13.2. The van der Waals surface area contributed by atoms with Gasteiger partial charge in [-0.05, 0) is 63.4 Å². The molecule has 1 aromatic heterocycles. The second kappa shape index (κ2) is 8.43. The van der Waals surface area contributed by atoms with Gasteiger partial charge in [-0.3, -0.25) is 10.1 Å². The van der Waals surface area contributed by atoms with Crippen molar-refractivity contribution in [2.24, 2.45) is 0 Å². The number of anilines is 1. The Kier molecular flexibility index (Phi) is 5.85. The molecule has 0 bridgehead atoms. The second-order valence-corrected chi connectivity index (χ2v) is 9.95.